The summed E-state index contributed by atoms with van der Waals surface area (Å²) >= 11 is 12.4. The van der Waals surface area contributed by atoms with Crippen LogP contribution < -0.4 is 9.64 Å². The lowest BCUT2D eigenvalue weighted by Gasteiger charge is -2.49. The van der Waals surface area contributed by atoms with E-state index in [1.54, 1.807) is 54.6 Å². The zero-order valence-corrected chi connectivity index (χ0v) is 19.0. The molecule has 2 heterocycles. The molecule has 5 rings (SSSR count). The van der Waals surface area contributed by atoms with Gasteiger partial charge in [0.1, 0.15) is 11.8 Å². The number of rotatable bonds is 5. The number of fused-ring (bicyclic) bond motifs is 1. The van der Waals surface area contributed by atoms with Gasteiger partial charge in [0, 0.05) is 15.7 Å². The van der Waals surface area contributed by atoms with Gasteiger partial charge in [-0.25, -0.2) is 0 Å². The maximum atomic E-state index is 13.4. The van der Waals surface area contributed by atoms with Gasteiger partial charge in [0.15, 0.2) is 0 Å². The number of hydrogen-bond acceptors (Lipinski definition) is 4. The number of anilines is 1. The number of amides is 3. The first kappa shape index (κ1) is 21.5. The van der Waals surface area contributed by atoms with Gasteiger partial charge in [-0.05, 0) is 55.0 Å². The van der Waals surface area contributed by atoms with Crippen LogP contribution in [-0.2, 0) is 4.79 Å². The van der Waals surface area contributed by atoms with E-state index in [2.05, 4.69) is 0 Å². The van der Waals surface area contributed by atoms with Crippen LogP contribution >= 0.6 is 23.2 Å². The predicted molar refractivity (Wildman–Crippen MR) is 125 cm³/mol. The van der Waals surface area contributed by atoms with Crippen molar-refractivity contribution >= 4 is 46.6 Å². The average Bonchev–Trinajstić information content (AvgIpc) is 3.03. The summed E-state index contributed by atoms with van der Waals surface area (Å²) in [5.74, 6) is -0.661. The molecular formula is C25H18Cl2N2O4. The minimum absolute atomic E-state index is 0.296. The second-order valence-electron chi connectivity index (χ2n) is 7.75. The molecule has 0 unspecified atom stereocenters. The van der Waals surface area contributed by atoms with E-state index in [0.717, 1.165) is 10.5 Å². The van der Waals surface area contributed by atoms with Gasteiger partial charge in [-0.3, -0.25) is 19.3 Å². The maximum absolute atomic E-state index is 13.4. The molecule has 0 aromatic heterocycles. The first-order valence-corrected chi connectivity index (χ1v) is 11.1. The molecule has 33 heavy (non-hydrogen) atoms. The zero-order chi connectivity index (χ0) is 23.3. The molecule has 1 saturated heterocycles. The van der Waals surface area contributed by atoms with Crippen LogP contribution in [0.4, 0.5) is 5.69 Å². The van der Waals surface area contributed by atoms with Crippen LogP contribution in [0, 0.1) is 0 Å². The largest absolute Gasteiger partial charge is 0.494 e. The van der Waals surface area contributed by atoms with Crippen LogP contribution in [0.25, 0.3) is 0 Å². The molecular weight excluding hydrogens is 463 g/mol. The van der Waals surface area contributed by atoms with Crippen molar-refractivity contribution in [1.82, 2.24) is 4.90 Å². The lowest BCUT2D eigenvalue weighted by atomic mass is 9.86. The number of carbonyl (C=O) groups excluding carboxylic acids is 3. The summed E-state index contributed by atoms with van der Waals surface area (Å²) in [4.78, 5) is 42.3. The van der Waals surface area contributed by atoms with Crippen LogP contribution in [0.15, 0.2) is 66.7 Å². The van der Waals surface area contributed by atoms with Crippen molar-refractivity contribution in [2.75, 3.05) is 11.5 Å². The predicted octanol–water partition coefficient (Wildman–Crippen LogP) is 5.14. The second kappa shape index (κ2) is 8.21. The van der Waals surface area contributed by atoms with Crippen molar-refractivity contribution < 1.29 is 19.1 Å². The Labute approximate surface area is 200 Å². The van der Waals surface area contributed by atoms with Crippen molar-refractivity contribution in [2.24, 2.45) is 0 Å². The Balaban J connectivity index is 1.58. The van der Waals surface area contributed by atoms with Crippen molar-refractivity contribution in [2.45, 2.75) is 19.0 Å². The van der Waals surface area contributed by atoms with Crippen molar-refractivity contribution in [1.29, 1.82) is 0 Å². The normalized spacial score (nSPS) is 19.5. The third kappa shape index (κ3) is 3.46. The first-order chi connectivity index (χ1) is 15.9. The summed E-state index contributed by atoms with van der Waals surface area (Å²) in [5, 5.41) is 0.750. The highest BCUT2D eigenvalue weighted by molar-refractivity contribution is 6.35. The molecule has 3 aromatic rings. The fourth-order valence-electron chi connectivity index (χ4n) is 4.41. The highest BCUT2D eigenvalue weighted by Gasteiger charge is 2.57. The molecule has 1 fully saturated rings. The number of benzene rings is 3. The first-order valence-electron chi connectivity index (χ1n) is 10.4. The summed E-state index contributed by atoms with van der Waals surface area (Å²) in [6.07, 6.45) is 0. The van der Waals surface area contributed by atoms with E-state index in [1.807, 2.05) is 19.1 Å². The SMILES string of the molecule is CCOc1ccc([C@@H]2[C@@H](N3C(=O)c4ccccc4C3=O)C(=O)N2c2cc(Cl)cc(Cl)c2)cc1. The minimum Gasteiger partial charge on any atom is -0.494 e. The monoisotopic (exact) mass is 480 g/mol. The van der Waals surface area contributed by atoms with E-state index in [1.165, 1.54) is 4.90 Å². The van der Waals surface area contributed by atoms with Gasteiger partial charge in [-0.1, -0.05) is 47.5 Å². The topological polar surface area (TPSA) is 66.9 Å². The van der Waals surface area contributed by atoms with Crippen LogP contribution in [0.3, 0.4) is 0 Å². The Morgan fingerprint density at radius 3 is 1.91 bits per heavy atom. The highest BCUT2D eigenvalue weighted by Crippen LogP contribution is 2.45. The Morgan fingerprint density at radius 2 is 1.36 bits per heavy atom. The molecule has 2 aliphatic rings. The van der Waals surface area contributed by atoms with Crippen LogP contribution in [0.5, 0.6) is 5.75 Å². The minimum atomic E-state index is -0.992. The van der Waals surface area contributed by atoms with E-state index in [0.29, 0.717) is 39.2 Å². The van der Waals surface area contributed by atoms with E-state index >= 15 is 0 Å². The van der Waals surface area contributed by atoms with E-state index in [4.69, 9.17) is 27.9 Å². The number of β-lactam (4-membered cyclic amide) rings is 1. The molecule has 6 nitrogen and oxygen atoms in total. The third-order valence-corrected chi connectivity index (χ3v) is 6.27. The summed E-state index contributed by atoms with van der Waals surface area (Å²) in [6, 6.07) is 17.1. The lowest BCUT2D eigenvalue weighted by molar-refractivity contribution is -0.130. The number of hydrogen-bond donors (Lipinski definition) is 0. The van der Waals surface area contributed by atoms with Crippen molar-refractivity contribution in [3.8, 4) is 5.75 Å². The Hall–Kier alpha value is -3.35. The number of ether oxygens (including phenoxy) is 1. The molecule has 0 radical (unpaired) electrons. The molecule has 2 atom stereocenters. The Bertz CT molecular complexity index is 1240. The molecule has 0 spiro atoms. The summed E-state index contributed by atoms with van der Waals surface area (Å²) in [7, 11) is 0. The van der Waals surface area contributed by atoms with Crippen LogP contribution in [-0.4, -0.2) is 35.3 Å². The fraction of sp³-hybridized carbons (Fsp3) is 0.160. The van der Waals surface area contributed by atoms with Gasteiger partial charge in [-0.15, -0.1) is 0 Å². The number of halogens is 2. The zero-order valence-electron chi connectivity index (χ0n) is 17.5. The molecule has 0 aliphatic carbocycles. The maximum Gasteiger partial charge on any atom is 0.262 e. The van der Waals surface area contributed by atoms with E-state index in [-0.39, 0.29) is 5.91 Å². The van der Waals surface area contributed by atoms with Gasteiger partial charge < -0.3 is 9.64 Å². The van der Waals surface area contributed by atoms with E-state index in [9.17, 15) is 14.4 Å². The molecule has 3 aromatic carbocycles. The third-order valence-electron chi connectivity index (χ3n) is 5.83. The number of carbonyl (C=O) groups is 3. The number of imide groups is 1. The Kier molecular flexibility index (Phi) is 5.35. The van der Waals surface area contributed by atoms with Gasteiger partial charge in [0.05, 0.1) is 23.8 Å². The lowest BCUT2D eigenvalue weighted by Crippen LogP contribution is -2.67. The molecule has 3 amide bonds. The molecule has 166 valence electrons. The molecule has 0 bridgehead atoms. The average molecular weight is 481 g/mol. The molecule has 0 saturated carbocycles. The van der Waals surface area contributed by atoms with Gasteiger partial charge in [-0.2, -0.15) is 0 Å². The van der Waals surface area contributed by atoms with Gasteiger partial charge in [0.2, 0.25) is 0 Å². The quantitative estimate of drug-likeness (QED) is 0.374. The summed E-state index contributed by atoms with van der Waals surface area (Å²) in [6.45, 7) is 2.41. The van der Waals surface area contributed by atoms with Gasteiger partial charge in [0.25, 0.3) is 17.7 Å². The number of nitrogens with zero attached hydrogens (tertiary/aromatic N) is 2. The standard InChI is InChI=1S/C25H18Cl2N2O4/c1-2-33-18-9-7-14(8-10-18)21-22(25(32)28(21)17-12-15(26)11-16(27)13-17)29-23(30)19-5-3-4-6-20(19)24(29)31/h3-13,21-22H,2H2,1H3/t21-,22-/m1/s1. The van der Waals surface area contributed by atoms with Gasteiger partial charge >= 0.3 is 0 Å². The van der Waals surface area contributed by atoms with Crippen LogP contribution in [0.2, 0.25) is 10.0 Å². The van der Waals surface area contributed by atoms with Crippen molar-refractivity contribution in [3.63, 3.8) is 0 Å². The fourth-order valence-corrected chi connectivity index (χ4v) is 4.93. The summed E-state index contributed by atoms with van der Waals surface area (Å²) in [5.41, 5.74) is 1.83. The smallest absolute Gasteiger partial charge is 0.262 e. The second-order valence-corrected chi connectivity index (χ2v) is 8.63. The van der Waals surface area contributed by atoms with E-state index < -0.39 is 23.9 Å². The molecule has 2 aliphatic heterocycles. The molecule has 8 heteroatoms. The summed E-state index contributed by atoms with van der Waals surface area (Å²) < 4.78 is 5.53. The molecule has 0 N–H and O–H groups in total. The van der Waals surface area contributed by atoms with Crippen LogP contribution in [0.1, 0.15) is 39.2 Å². The van der Waals surface area contributed by atoms with Crippen molar-refractivity contribution in [3.05, 3.63) is 93.5 Å². The highest BCUT2D eigenvalue weighted by atomic mass is 35.5. The Morgan fingerprint density at radius 1 is 0.788 bits per heavy atom.